The van der Waals surface area contributed by atoms with Crippen LogP contribution in [0.3, 0.4) is 0 Å². The molecule has 3 fully saturated rings. The van der Waals surface area contributed by atoms with Crippen molar-refractivity contribution in [2.45, 2.75) is 62.8 Å². The monoisotopic (exact) mass is 510 g/mol. The third-order valence-corrected chi connectivity index (χ3v) is 7.95. The summed E-state index contributed by atoms with van der Waals surface area (Å²) in [6.07, 6.45) is 5.84. The Morgan fingerprint density at radius 3 is 2.70 bits per heavy atom. The van der Waals surface area contributed by atoms with Gasteiger partial charge in [-0.3, -0.25) is 14.4 Å². The van der Waals surface area contributed by atoms with Crippen LogP contribution in [0.15, 0.2) is 55.6 Å². The number of fused-ring (bicyclic) bond motifs is 1. The molecule has 37 heavy (non-hydrogen) atoms. The molecule has 0 aromatic heterocycles. The zero-order valence-corrected chi connectivity index (χ0v) is 21.6. The Hall–Kier alpha value is -2.97. The van der Waals surface area contributed by atoms with Crippen molar-refractivity contribution < 1.29 is 29.0 Å². The maximum Gasteiger partial charge on any atom is 0.312 e. The number of aliphatic hydroxyl groups excluding tert-OH is 1. The molecule has 3 heterocycles. The fraction of sp³-hybridized carbons (Fsp3) is 0.552. The van der Waals surface area contributed by atoms with Gasteiger partial charge in [0.1, 0.15) is 18.2 Å². The summed E-state index contributed by atoms with van der Waals surface area (Å²) in [5.41, 5.74) is -0.192. The van der Waals surface area contributed by atoms with Crippen LogP contribution in [0.5, 0.6) is 0 Å². The molecule has 2 unspecified atom stereocenters. The molecular formula is C29H38N2O6. The van der Waals surface area contributed by atoms with E-state index in [-0.39, 0.29) is 25.0 Å². The smallest absolute Gasteiger partial charge is 0.312 e. The van der Waals surface area contributed by atoms with E-state index in [1.807, 2.05) is 30.3 Å². The van der Waals surface area contributed by atoms with Gasteiger partial charge in [0, 0.05) is 13.1 Å². The van der Waals surface area contributed by atoms with Crippen LogP contribution in [-0.2, 0) is 30.3 Å². The van der Waals surface area contributed by atoms with Crippen LogP contribution in [0.4, 0.5) is 0 Å². The molecule has 3 aliphatic heterocycles. The lowest BCUT2D eigenvalue weighted by atomic mass is 9.70. The quantitative estimate of drug-likeness (QED) is 0.324. The second kappa shape index (κ2) is 11.6. The van der Waals surface area contributed by atoms with Crippen LogP contribution in [0.1, 0.15) is 38.2 Å². The van der Waals surface area contributed by atoms with E-state index in [0.29, 0.717) is 32.4 Å². The number of aliphatic hydroxyl groups is 1. The van der Waals surface area contributed by atoms with Gasteiger partial charge in [-0.15, -0.1) is 6.58 Å². The predicted molar refractivity (Wildman–Crippen MR) is 138 cm³/mol. The maximum absolute atomic E-state index is 14.2. The van der Waals surface area contributed by atoms with Crippen LogP contribution in [0.25, 0.3) is 0 Å². The fourth-order valence-electron chi connectivity index (χ4n) is 6.38. The Morgan fingerprint density at radius 1 is 1.30 bits per heavy atom. The summed E-state index contributed by atoms with van der Waals surface area (Å²) in [7, 11) is 0. The van der Waals surface area contributed by atoms with E-state index in [1.54, 1.807) is 11.0 Å². The third-order valence-electron chi connectivity index (χ3n) is 7.95. The van der Waals surface area contributed by atoms with Crippen LogP contribution in [-0.4, -0.2) is 82.8 Å². The van der Waals surface area contributed by atoms with E-state index < -0.39 is 41.6 Å². The summed E-state index contributed by atoms with van der Waals surface area (Å²) in [4.78, 5) is 44.7. The molecule has 1 N–H and O–H groups in total. The molecule has 200 valence electrons. The van der Waals surface area contributed by atoms with Gasteiger partial charge in [-0.1, -0.05) is 62.4 Å². The van der Waals surface area contributed by atoms with Gasteiger partial charge in [-0.2, -0.15) is 0 Å². The van der Waals surface area contributed by atoms with Gasteiger partial charge in [-0.25, -0.2) is 0 Å². The molecule has 2 amide bonds. The number of ether oxygens (including phenoxy) is 2. The SMILES string of the molecule is C=CCOC(=O)[C@@H]1[C@H]2C(=O)N([C@@H](CO)Cc3ccccc3)C(C(=O)N(CC=C)CCCC)C23CC[C@H]1O3. The molecule has 1 spiro atoms. The van der Waals surface area contributed by atoms with Gasteiger partial charge in [0.25, 0.3) is 0 Å². The Morgan fingerprint density at radius 2 is 2.05 bits per heavy atom. The summed E-state index contributed by atoms with van der Waals surface area (Å²) < 4.78 is 11.8. The molecule has 1 aromatic rings. The number of carbonyl (C=O) groups is 3. The van der Waals surface area contributed by atoms with Crippen molar-refractivity contribution >= 4 is 17.8 Å². The summed E-state index contributed by atoms with van der Waals surface area (Å²) in [5, 5.41) is 10.5. The Bertz CT molecular complexity index is 1010. The number of hydrogen-bond acceptors (Lipinski definition) is 6. The lowest BCUT2D eigenvalue weighted by Crippen LogP contribution is -2.59. The topological polar surface area (TPSA) is 96.4 Å². The number of amides is 2. The first kappa shape index (κ1) is 27.1. The molecule has 1 aromatic carbocycles. The van der Waals surface area contributed by atoms with Crippen molar-refractivity contribution in [3.05, 3.63) is 61.2 Å². The largest absolute Gasteiger partial charge is 0.461 e. The number of unbranched alkanes of at least 4 members (excludes halogenated alkanes) is 1. The van der Waals surface area contributed by atoms with Crippen LogP contribution < -0.4 is 0 Å². The molecule has 6 atom stereocenters. The Labute approximate surface area is 218 Å². The molecule has 2 bridgehead atoms. The van der Waals surface area contributed by atoms with Crippen molar-refractivity contribution in [1.29, 1.82) is 0 Å². The molecule has 0 radical (unpaired) electrons. The third kappa shape index (κ3) is 4.84. The van der Waals surface area contributed by atoms with Crippen molar-refractivity contribution in [2.24, 2.45) is 11.8 Å². The van der Waals surface area contributed by atoms with Gasteiger partial charge in [0.15, 0.2) is 0 Å². The Balaban J connectivity index is 1.75. The first-order valence-corrected chi connectivity index (χ1v) is 13.2. The highest BCUT2D eigenvalue weighted by molar-refractivity contribution is 5.98. The second-order valence-corrected chi connectivity index (χ2v) is 10.2. The summed E-state index contributed by atoms with van der Waals surface area (Å²) in [6.45, 7) is 10.1. The van der Waals surface area contributed by atoms with E-state index in [4.69, 9.17) is 9.47 Å². The first-order chi connectivity index (χ1) is 17.9. The van der Waals surface area contributed by atoms with Gasteiger partial charge < -0.3 is 24.4 Å². The maximum atomic E-state index is 14.2. The molecule has 3 saturated heterocycles. The van der Waals surface area contributed by atoms with E-state index in [1.165, 1.54) is 11.0 Å². The minimum absolute atomic E-state index is 0.0411. The van der Waals surface area contributed by atoms with Crippen molar-refractivity contribution in [3.63, 3.8) is 0 Å². The van der Waals surface area contributed by atoms with Crippen molar-refractivity contribution in [2.75, 3.05) is 26.3 Å². The zero-order chi connectivity index (χ0) is 26.6. The van der Waals surface area contributed by atoms with Crippen molar-refractivity contribution in [1.82, 2.24) is 9.80 Å². The van der Waals surface area contributed by atoms with E-state index in [2.05, 4.69) is 20.1 Å². The standard InChI is InChI=1S/C29H38N2O6/c1-4-7-16-30(15-5-2)27(34)25-29-14-13-22(37-29)23(28(35)36-17-6-3)24(29)26(33)31(25)21(19-32)18-20-11-9-8-10-12-20/h5-6,8-12,21-25,32H,2-4,7,13-19H2,1H3/t21-,22-,23+,24+,25?,29?/m1/s1. The van der Waals surface area contributed by atoms with E-state index >= 15 is 0 Å². The van der Waals surface area contributed by atoms with Gasteiger partial charge in [0.05, 0.1) is 30.6 Å². The van der Waals surface area contributed by atoms with Crippen LogP contribution in [0, 0.1) is 11.8 Å². The zero-order valence-electron chi connectivity index (χ0n) is 21.6. The molecule has 0 aliphatic carbocycles. The molecule has 3 aliphatic rings. The molecule has 8 heteroatoms. The number of nitrogens with zero attached hydrogens (tertiary/aromatic N) is 2. The number of rotatable bonds is 13. The summed E-state index contributed by atoms with van der Waals surface area (Å²) in [6, 6.07) is 7.99. The summed E-state index contributed by atoms with van der Waals surface area (Å²) in [5.74, 6) is -2.68. The van der Waals surface area contributed by atoms with Crippen molar-refractivity contribution in [3.8, 4) is 0 Å². The summed E-state index contributed by atoms with van der Waals surface area (Å²) >= 11 is 0. The van der Waals surface area contributed by atoms with E-state index in [9.17, 15) is 19.5 Å². The lowest BCUT2D eigenvalue weighted by Gasteiger charge is -2.39. The molecule has 0 saturated carbocycles. The highest BCUT2D eigenvalue weighted by Crippen LogP contribution is 2.59. The normalized spacial score (nSPS) is 28.6. The number of esters is 1. The predicted octanol–water partition coefficient (Wildman–Crippen LogP) is 2.51. The van der Waals surface area contributed by atoms with Gasteiger partial charge in [0.2, 0.25) is 11.8 Å². The lowest BCUT2D eigenvalue weighted by molar-refractivity contribution is -0.155. The molecule has 8 nitrogen and oxygen atoms in total. The Kier molecular flexibility index (Phi) is 8.49. The number of likely N-dealkylation sites (tertiary alicyclic amines) is 1. The number of carbonyl (C=O) groups excluding carboxylic acids is 3. The first-order valence-electron chi connectivity index (χ1n) is 13.2. The average Bonchev–Trinajstić information content (AvgIpc) is 3.56. The van der Waals surface area contributed by atoms with Gasteiger partial charge in [-0.05, 0) is 31.2 Å². The number of benzene rings is 1. The molecule has 4 rings (SSSR count). The minimum Gasteiger partial charge on any atom is -0.461 e. The van der Waals surface area contributed by atoms with E-state index in [0.717, 1.165) is 18.4 Å². The van der Waals surface area contributed by atoms with Gasteiger partial charge >= 0.3 is 5.97 Å². The van der Waals surface area contributed by atoms with Crippen LogP contribution in [0.2, 0.25) is 0 Å². The second-order valence-electron chi connectivity index (χ2n) is 10.2. The fourth-order valence-corrected chi connectivity index (χ4v) is 6.38. The van der Waals surface area contributed by atoms with Crippen LogP contribution >= 0.6 is 0 Å². The highest BCUT2D eigenvalue weighted by Gasteiger charge is 2.75. The minimum atomic E-state index is -1.13. The highest BCUT2D eigenvalue weighted by atomic mass is 16.6. The average molecular weight is 511 g/mol. The molecular weight excluding hydrogens is 472 g/mol. The number of hydrogen-bond donors (Lipinski definition) is 1.